The summed E-state index contributed by atoms with van der Waals surface area (Å²) in [4.78, 5) is 11.5. The van der Waals surface area contributed by atoms with Crippen LogP contribution in [0.2, 0.25) is 5.02 Å². The molecule has 2 nitrogen and oxygen atoms in total. The Bertz CT molecular complexity index is 952. The molecule has 0 saturated heterocycles. The van der Waals surface area contributed by atoms with E-state index in [1.165, 1.54) is 22.4 Å². The second-order valence-electron chi connectivity index (χ2n) is 7.81. The highest BCUT2D eigenvalue weighted by molar-refractivity contribution is 6.30. The Morgan fingerprint density at radius 3 is 2.31 bits per heavy atom. The van der Waals surface area contributed by atoms with Gasteiger partial charge in [0, 0.05) is 40.5 Å². The number of nitrogens with zero attached hydrogens (tertiary/aromatic N) is 1. The van der Waals surface area contributed by atoms with Crippen molar-refractivity contribution in [2.75, 3.05) is 0 Å². The molecule has 1 aromatic heterocycles. The summed E-state index contributed by atoms with van der Waals surface area (Å²) < 4.78 is 2.38. The normalized spacial score (nSPS) is 15.0. The summed E-state index contributed by atoms with van der Waals surface area (Å²) in [5, 5.41) is 0.722. The third kappa shape index (κ3) is 2.89. The van der Waals surface area contributed by atoms with Gasteiger partial charge in [-0.1, -0.05) is 67.9 Å². The van der Waals surface area contributed by atoms with Gasteiger partial charge in [0.1, 0.15) is 6.29 Å². The highest BCUT2D eigenvalue weighted by Gasteiger charge is 2.35. The standard InChI is InChI=1S/C23H22ClNO/c1-23(2)14-20-22(16-6-4-3-5-7-16)21(17-8-10-18(24)11-9-17)19(12-13-26)25(20)15-23/h3-11,13H,12,14-15H2,1-2H3. The minimum atomic E-state index is 0.203. The maximum absolute atomic E-state index is 11.5. The minimum Gasteiger partial charge on any atom is -0.346 e. The molecule has 0 N–H and O–H groups in total. The summed E-state index contributed by atoms with van der Waals surface area (Å²) in [6, 6.07) is 18.5. The van der Waals surface area contributed by atoms with Gasteiger partial charge in [0.25, 0.3) is 0 Å². The van der Waals surface area contributed by atoms with Gasteiger partial charge < -0.3 is 9.36 Å². The van der Waals surface area contributed by atoms with E-state index in [-0.39, 0.29) is 5.41 Å². The first kappa shape index (κ1) is 17.1. The smallest absolute Gasteiger partial charge is 0.125 e. The van der Waals surface area contributed by atoms with Crippen molar-refractivity contribution >= 4 is 17.9 Å². The second kappa shape index (κ2) is 6.44. The van der Waals surface area contributed by atoms with Crippen LogP contribution in [0, 0.1) is 5.41 Å². The molecule has 0 unspecified atom stereocenters. The lowest BCUT2D eigenvalue weighted by molar-refractivity contribution is -0.107. The third-order valence-corrected chi connectivity index (χ3v) is 5.43. The van der Waals surface area contributed by atoms with E-state index in [0.29, 0.717) is 6.42 Å². The molecule has 0 bridgehead atoms. The SMILES string of the molecule is CC1(C)Cc2c(-c3ccccc3)c(-c3ccc(Cl)cc3)c(CC=O)n2C1. The van der Waals surface area contributed by atoms with Crippen LogP contribution in [0.25, 0.3) is 22.3 Å². The topological polar surface area (TPSA) is 22.0 Å². The molecule has 0 atom stereocenters. The molecule has 0 saturated carbocycles. The molecule has 3 aromatic rings. The first-order valence-corrected chi connectivity index (χ1v) is 9.37. The van der Waals surface area contributed by atoms with Gasteiger partial charge in [0.05, 0.1) is 0 Å². The van der Waals surface area contributed by atoms with E-state index in [1.54, 1.807) is 0 Å². The quantitative estimate of drug-likeness (QED) is 0.537. The molecule has 26 heavy (non-hydrogen) atoms. The number of carbonyl (C=O) groups excluding carboxylic acids is 1. The molecule has 2 heterocycles. The fraction of sp³-hybridized carbons (Fsp3) is 0.261. The van der Waals surface area contributed by atoms with Crippen LogP contribution >= 0.6 is 11.6 Å². The zero-order valence-corrected chi connectivity index (χ0v) is 15.9. The predicted octanol–water partition coefficient (Wildman–Crippen LogP) is 5.80. The van der Waals surface area contributed by atoms with Gasteiger partial charge in [-0.3, -0.25) is 0 Å². The average Bonchev–Trinajstić information content (AvgIpc) is 3.08. The van der Waals surface area contributed by atoms with Crippen molar-refractivity contribution in [3.8, 4) is 22.3 Å². The van der Waals surface area contributed by atoms with Crippen LogP contribution in [-0.4, -0.2) is 10.9 Å². The van der Waals surface area contributed by atoms with Crippen LogP contribution in [0.5, 0.6) is 0 Å². The Morgan fingerprint density at radius 2 is 1.65 bits per heavy atom. The van der Waals surface area contributed by atoms with Crippen molar-refractivity contribution in [1.82, 2.24) is 4.57 Å². The van der Waals surface area contributed by atoms with Crippen molar-refractivity contribution in [2.24, 2.45) is 5.41 Å². The Balaban J connectivity index is 2.03. The summed E-state index contributed by atoms with van der Waals surface area (Å²) in [6.45, 7) is 5.53. The molecule has 3 heteroatoms. The van der Waals surface area contributed by atoms with Crippen molar-refractivity contribution in [2.45, 2.75) is 33.2 Å². The van der Waals surface area contributed by atoms with Crippen LogP contribution < -0.4 is 0 Å². The fourth-order valence-corrected chi connectivity index (χ4v) is 4.29. The van der Waals surface area contributed by atoms with Gasteiger partial charge in [0.15, 0.2) is 0 Å². The lowest BCUT2D eigenvalue weighted by Crippen LogP contribution is -2.14. The highest BCUT2D eigenvalue weighted by atomic mass is 35.5. The Kier molecular flexibility index (Phi) is 4.24. The Labute approximate surface area is 159 Å². The van der Waals surface area contributed by atoms with E-state index in [9.17, 15) is 4.79 Å². The number of hydrogen-bond acceptors (Lipinski definition) is 1. The van der Waals surface area contributed by atoms with Crippen LogP contribution in [0.3, 0.4) is 0 Å². The molecule has 0 aliphatic carbocycles. The number of carbonyl (C=O) groups is 1. The van der Waals surface area contributed by atoms with Gasteiger partial charge in [0.2, 0.25) is 0 Å². The second-order valence-corrected chi connectivity index (χ2v) is 8.25. The number of benzene rings is 2. The molecule has 4 rings (SSSR count). The largest absolute Gasteiger partial charge is 0.346 e. The summed E-state index contributed by atoms with van der Waals surface area (Å²) >= 11 is 6.11. The first-order valence-electron chi connectivity index (χ1n) is 8.99. The van der Waals surface area contributed by atoms with E-state index in [2.05, 4.69) is 54.8 Å². The fourth-order valence-electron chi connectivity index (χ4n) is 4.17. The molecule has 2 aromatic carbocycles. The van der Waals surface area contributed by atoms with Gasteiger partial charge in [-0.2, -0.15) is 0 Å². The Morgan fingerprint density at radius 1 is 1.00 bits per heavy atom. The van der Waals surface area contributed by atoms with E-state index >= 15 is 0 Å². The monoisotopic (exact) mass is 363 g/mol. The van der Waals surface area contributed by atoms with Crippen molar-refractivity contribution in [1.29, 1.82) is 0 Å². The molecule has 0 amide bonds. The lowest BCUT2D eigenvalue weighted by Gasteiger charge is -2.18. The van der Waals surface area contributed by atoms with Gasteiger partial charge in [-0.15, -0.1) is 0 Å². The highest BCUT2D eigenvalue weighted by Crippen LogP contribution is 2.46. The van der Waals surface area contributed by atoms with Crippen LogP contribution in [-0.2, 0) is 24.2 Å². The molecular weight excluding hydrogens is 342 g/mol. The molecule has 1 aliphatic heterocycles. The number of fused-ring (bicyclic) bond motifs is 1. The van der Waals surface area contributed by atoms with Crippen molar-refractivity contribution in [3.63, 3.8) is 0 Å². The number of hydrogen-bond donors (Lipinski definition) is 0. The van der Waals surface area contributed by atoms with E-state index < -0.39 is 0 Å². The maximum Gasteiger partial charge on any atom is 0.125 e. The van der Waals surface area contributed by atoms with Gasteiger partial charge in [-0.05, 0) is 35.1 Å². The molecule has 0 spiro atoms. The number of halogens is 1. The lowest BCUT2D eigenvalue weighted by atomic mass is 9.86. The van der Waals surface area contributed by atoms with E-state index in [1.807, 2.05) is 18.2 Å². The molecule has 0 radical (unpaired) electrons. The average molecular weight is 364 g/mol. The zero-order valence-electron chi connectivity index (χ0n) is 15.1. The maximum atomic E-state index is 11.5. The van der Waals surface area contributed by atoms with Crippen molar-refractivity contribution < 1.29 is 4.79 Å². The first-order chi connectivity index (χ1) is 12.5. The number of rotatable bonds is 4. The molecule has 1 aliphatic rings. The van der Waals surface area contributed by atoms with Gasteiger partial charge in [-0.25, -0.2) is 0 Å². The minimum absolute atomic E-state index is 0.203. The summed E-state index contributed by atoms with van der Waals surface area (Å²) in [6.07, 6.45) is 2.45. The van der Waals surface area contributed by atoms with Gasteiger partial charge >= 0.3 is 0 Å². The van der Waals surface area contributed by atoms with Crippen LogP contribution in [0.15, 0.2) is 54.6 Å². The number of aromatic nitrogens is 1. The van der Waals surface area contributed by atoms with E-state index in [0.717, 1.165) is 35.5 Å². The molecule has 0 fully saturated rings. The summed E-state index contributed by atoms with van der Waals surface area (Å²) in [7, 11) is 0. The Hall–Kier alpha value is -2.32. The van der Waals surface area contributed by atoms with Crippen molar-refractivity contribution in [3.05, 3.63) is 71.0 Å². The third-order valence-electron chi connectivity index (χ3n) is 5.18. The van der Waals surface area contributed by atoms with Crippen LogP contribution in [0.4, 0.5) is 0 Å². The molecule has 132 valence electrons. The summed E-state index contributed by atoms with van der Waals surface area (Å²) in [5.74, 6) is 0. The van der Waals surface area contributed by atoms with E-state index in [4.69, 9.17) is 11.6 Å². The predicted molar refractivity (Wildman–Crippen MR) is 108 cm³/mol. The van der Waals surface area contributed by atoms with Crippen LogP contribution in [0.1, 0.15) is 25.2 Å². The summed E-state index contributed by atoms with van der Waals surface area (Å²) in [5.41, 5.74) is 7.40. The zero-order chi connectivity index (χ0) is 18.3. The molecular formula is C23H22ClNO. The number of aldehydes is 1.